The quantitative estimate of drug-likeness (QED) is 0.740. The third kappa shape index (κ3) is 2.85. The molecule has 0 spiro atoms. The van der Waals surface area contributed by atoms with Crippen LogP contribution in [-0.2, 0) is 9.53 Å². The summed E-state index contributed by atoms with van der Waals surface area (Å²) in [5.41, 5.74) is 6.68. The minimum Gasteiger partial charge on any atom is -0.463 e. The van der Waals surface area contributed by atoms with Crippen LogP contribution in [0.2, 0.25) is 5.02 Å². The molecule has 1 aliphatic rings. The van der Waals surface area contributed by atoms with E-state index in [-0.39, 0.29) is 17.1 Å². The van der Waals surface area contributed by atoms with Gasteiger partial charge in [-0.1, -0.05) is 11.6 Å². The SMILES string of the molecule is CC1=C(C(N)=O)OC(C)N1c1ccc(F)c(-c2nc3ncc(Cl)cn3n2)c1. The second-order valence-electron chi connectivity index (χ2n) is 5.98. The van der Waals surface area contributed by atoms with E-state index in [1.54, 1.807) is 30.9 Å². The molecule has 4 rings (SSSR count). The molecule has 0 radical (unpaired) electrons. The Morgan fingerprint density at radius 1 is 1.41 bits per heavy atom. The average molecular weight is 389 g/mol. The zero-order valence-corrected chi connectivity index (χ0v) is 15.1. The minimum absolute atomic E-state index is 0.0815. The Balaban J connectivity index is 1.81. The van der Waals surface area contributed by atoms with Crippen LogP contribution in [0.15, 0.2) is 42.0 Å². The smallest absolute Gasteiger partial charge is 0.285 e. The molecule has 1 aliphatic heterocycles. The molecule has 0 bridgehead atoms. The van der Waals surface area contributed by atoms with Gasteiger partial charge in [0.2, 0.25) is 5.76 Å². The Hall–Kier alpha value is -3.20. The largest absolute Gasteiger partial charge is 0.463 e. The number of halogens is 2. The minimum atomic E-state index is -0.658. The summed E-state index contributed by atoms with van der Waals surface area (Å²) < 4.78 is 21.4. The number of anilines is 1. The third-order valence-corrected chi connectivity index (χ3v) is 4.39. The van der Waals surface area contributed by atoms with Crippen LogP contribution >= 0.6 is 11.6 Å². The van der Waals surface area contributed by atoms with Gasteiger partial charge < -0.3 is 15.4 Å². The lowest BCUT2D eigenvalue weighted by Crippen LogP contribution is -2.27. The van der Waals surface area contributed by atoms with Crippen molar-refractivity contribution in [3.63, 3.8) is 0 Å². The molecule has 1 unspecified atom stereocenters. The van der Waals surface area contributed by atoms with Crippen molar-refractivity contribution in [2.45, 2.75) is 20.1 Å². The Kier molecular flexibility index (Phi) is 3.96. The number of hydrogen-bond acceptors (Lipinski definition) is 6. The molecule has 2 N–H and O–H groups in total. The molecule has 0 aliphatic carbocycles. The number of benzene rings is 1. The van der Waals surface area contributed by atoms with Gasteiger partial charge in [-0.15, -0.1) is 5.10 Å². The monoisotopic (exact) mass is 388 g/mol. The first-order valence-corrected chi connectivity index (χ1v) is 8.37. The maximum absolute atomic E-state index is 14.5. The molecule has 3 heterocycles. The van der Waals surface area contributed by atoms with E-state index in [1.165, 1.54) is 23.0 Å². The number of aromatic nitrogens is 4. The van der Waals surface area contributed by atoms with Crippen molar-refractivity contribution >= 4 is 29.0 Å². The number of carbonyl (C=O) groups is 1. The maximum Gasteiger partial charge on any atom is 0.285 e. The van der Waals surface area contributed by atoms with Crippen LogP contribution in [0.4, 0.5) is 10.1 Å². The molecule has 0 saturated heterocycles. The van der Waals surface area contributed by atoms with Crippen molar-refractivity contribution in [3.05, 3.63) is 52.9 Å². The normalized spacial score (nSPS) is 16.9. The number of primary amides is 1. The molecule has 0 saturated carbocycles. The van der Waals surface area contributed by atoms with E-state index in [4.69, 9.17) is 22.1 Å². The van der Waals surface area contributed by atoms with E-state index >= 15 is 0 Å². The van der Waals surface area contributed by atoms with Gasteiger partial charge in [-0.05, 0) is 32.0 Å². The van der Waals surface area contributed by atoms with Crippen molar-refractivity contribution in [1.82, 2.24) is 19.6 Å². The highest BCUT2D eigenvalue weighted by Gasteiger charge is 2.32. The van der Waals surface area contributed by atoms with E-state index in [0.29, 0.717) is 22.2 Å². The second-order valence-corrected chi connectivity index (χ2v) is 6.42. The van der Waals surface area contributed by atoms with Crippen molar-refractivity contribution in [3.8, 4) is 11.4 Å². The van der Waals surface area contributed by atoms with Gasteiger partial charge >= 0.3 is 0 Å². The molecule has 0 fully saturated rings. The Morgan fingerprint density at radius 2 is 2.19 bits per heavy atom. The van der Waals surface area contributed by atoms with Crippen LogP contribution in [0.5, 0.6) is 0 Å². The maximum atomic E-state index is 14.5. The summed E-state index contributed by atoms with van der Waals surface area (Å²) >= 11 is 5.90. The zero-order chi connectivity index (χ0) is 19.3. The summed E-state index contributed by atoms with van der Waals surface area (Å²) in [6.07, 6.45) is 2.50. The first-order valence-electron chi connectivity index (χ1n) is 7.99. The Morgan fingerprint density at radius 3 is 2.89 bits per heavy atom. The van der Waals surface area contributed by atoms with Crippen LogP contribution in [0.3, 0.4) is 0 Å². The van der Waals surface area contributed by atoms with E-state index in [9.17, 15) is 9.18 Å². The number of hydrogen-bond donors (Lipinski definition) is 1. The van der Waals surface area contributed by atoms with Gasteiger partial charge in [0.05, 0.1) is 28.7 Å². The summed E-state index contributed by atoms with van der Waals surface area (Å²) in [4.78, 5) is 21.6. The summed E-state index contributed by atoms with van der Waals surface area (Å²) in [6.45, 7) is 3.47. The van der Waals surface area contributed by atoms with E-state index in [2.05, 4.69) is 15.1 Å². The van der Waals surface area contributed by atoms with Crippen LogP contribution in [0.1, 0.15) is 13.8 Å². The van der Waals surface area contributed by atoms with Gasteiger partial charge in [-0.25, -0.2) is 13.9 Å². The van der Waals surface area contributed by atoms with Gasteiger partial charge in [-0.3, -0.25) is 4.79 Å². The molecule has 8 nitrogen and oxygen atoms in total. The van der Waals surface area contributed by atoms with Crippen molar-refractivity contribution in [2.24, 2.45) is 5.73 Å². The van der Waals surface area contributed by atoms with Crippen molar-refractivity contribution < 1.29 is 13.9 Å². The highest BCUT2D eigenvalue weighted by molar-refractivity contribution is 6.30. The van der Waals surface area contributed by atoms with Gasteiger partial charge in [0.1, 0.15) is 5.82 Å². The molecular weight excluding hydrogens is 375 g/mol. The summed E-state index contributed by atoms with van der Waals surface area (Å²) in [5.74, 6) is -0.615. The van der Waals surface area contributed by atoms with Gasteiger partial charge in [0, 0.05) is 5.69 Å². The Bertz CT molecular complexity index is 1110. The van der Waals surface area contributed by atoms with Crippen LogP contribution in [0, 0.1) is 5.82 Å². The lowest BCUT2D eigenvalue weighted by molar-refractivity contribution is -0.118. The summed E-state index contributed by atoms with van der Waals surface area (Å²) in [6, 6.07) is 4.47. The number of ether oxygens (including phenoxy) is 1. The topological polar surface area (TPSA) is 98.6 Å². The number of fused-ring (bicyclic) bond motifs is 1. The number of rotatable bonds is 3. The molecule has 1 atom stereocenters. The number of carbonyl (C=O) groups excluding carboxylic acids is 1. The average Bonchev–Trinajstić information content (AvgIpc) is 3.16. The fourth-order valence-electron chi connectivity index (χ4n) is 3.04. The first kappa shape index (κ1) is 17.2. The number of allylic oxidation sites excluding steroid dienone is 1. The molecule has 3 aromatic rings. The third-order valence-electron chi connectivity index (χ3n) is 4.20. The van der Waals surface area contributed by atoms with E-state index < -0.39 is 18.0 Å². The van der Waals surface area contributed by atoms with E-state index in [1.807, 2.05) is 0 Å². The molecule has 138 valence electrons. The van der Waals surface area contributed by atoms with E-state index in [0.717, 1.165) is 0 Å². The number of amides is 1. The Labute approximate surface area is 158 Å². The number of nitrogens with zero attached hydrogens (tertiary/aromatic N) is 5. The fraction of sp³-hybridized carbons (Fsp3) is 0.176. The fourth-order valence-corrected chi connectivity index (χ4v) is 3.18. The predicted octanol–water partition coefficient (Wildman–Crippen LogP) is 2.48. The van der Waals surface area contributed by atoms with Gasteiger partial charge in [0.25, 0.3) is 11.7 Å². The van der Waals surface area contributed by atoms with Crippen molar-refractivity contribution in [2.75, 3.05) is 4.90 Å². The standard InChI is InChI=1S/C17H14ClFN6O2/c1-8-14(15(20)26)27-9(2)25(8)11-3-4-13(19)12(5-11)16-22-17-21-6-10(18)7-24(17)23-16/h3-7,9H,1-2H3,(H2,20,26). The van der Waals surface area contributed by atoms with Gasteiger partial charge in [-0.2, -0.15) is 4.98 Å². The van der Waals surface area contributed by atoms with Crippen LogP contribution in [-0.4, -0.2) is 31.7 Å². The molecule has 2 aromatic heterocycles. The highest BCUT2D eigenvalue weighted by Crippen LogP contribution is 2.34. The summed E-state index contributed by atoms with van der Waals surface area (Å²) in [5, 5.41) is 4.62. The number of nitrogens with two attached hydrogens (primary N) is 1. The first-order chi connectivity index (χ1) is 12.8. The second kappa shape index (κ2) is 6.20. The molecule has 27 heavy (non-hydrogen) atoms. The molecular formula is C17H14ClFN6O2. The molecule has 10 heteroatoms. The summed E-state index contributed by atoms with van der Waals surface area (Å²) in [7, 11) is 0. The lowest BCUT2D eigenvalue weighted by atomic mass is 10.1. The molecule has 1 aromatic carbocycles. The lowest BCUT2D eigenvalue weighted by Gasteiger charge is -2.24. The zero-order valence-electron chi connectivity index (χ0n) is 14.3. The van der Waals surface area contributed by atoms with Crippen LogP contribution < -0.4 is 10.6 Å². The molecule has 1 amide bonds. The van der Waals surface area contributed by atoms with Gasteiger partial charge in [0.15, 0.2) is 12.1 Å². The highest BCUT2D eigenvalue weighted by atomic mass is 35.5. The van der Waals surface area contributed by atoms with Crippen LogP contribution in [0.25, 0.3) is 17.2 Å². The predicted molar refractivity (Wildman–Crippen MR) is 96.1 cm³/mol. The van der Waals surface area contributed by atoms with Crippen molar-refractivity contribution in [1.29, 1.82) is 0 Å².